The molecule has 0 aliphatic heterocycles. The predicted molar refractivity (Wildman–Crippen MR) is 79.2 cm³/mol. The molecule has 1 heterocycles. The molecule has 1 aromatic carbocycles. The largest absolute Gasteiger partial charge is 0.481 e. The lowest BCUT2D eigenvalue weighted by atomic mass is 10.1. The summed E-state index contributed by atoms with van der Waals surface area (Å²) in [6, 6.07) is 12.2. The number of carbonyl (C=O) groups excluding carboxylic acids is 1. The zero-order valence-corrected chi connectivity index (χ0v) is 11.7. The molecule has 0 bridgehead atoms. The van der Waals surface area contributed by atoms with E-state index in [1.165, 1.54) is 6.07 Å². The standard InChI is InChI=1S/C15H15N3O4/c19-13(16-9-8-15(21)22)10-18-14(20)7-6-12(17-18)11-4-2-1-3-5-11/h1-7H,8-10H2,(H,16,19)(H,21,22). The number of nitrogens with one attached hydrogen (secondary N) is 1. The fourth-order valence-electron chi connectivity index (χ4n) is 1.83. The third-order valence-electron chi connectivity index (χ3n) is 2.89. The second-order valence-corrected chi connectivity index (χ2v) is 4.57. The van der Waals surface area contributed by atoms with Gasteiger partial charge in [0.25, 0.3) is 5.56 Å². The maximum absolute atomic E-state index is 11.7. The Labute approximate surface area is 126 Å². The molecule has 0 saturated heterocycles. The Morgan fingerprint density at radius 2 is 1.86 bits per heavy atom. The molecule has 2 N–H and O–H groups in total. The lowest BCUT2D eigenvalue weighted by Gasteiger charge is -2.07. The summed E-state index contributed by atoms with van der Waals surface area (Å²) in [7, 11) is 0. The monoisotopic (exact) mass is 301 g/mol. The van der Waals surface area contributed by atoms with Crippen LogP contribution in [0.2, 0.25) is 0 Å². The number of carboxylic acid groups (broad SMARTS) is 1. The van der Waals surface area contributed by atoms with Crippen LogP contribution in [0.15, 0.2) is 47.3 Å². The van der Waals surface area contributed by atoms with Gasteiger partial charge in [0.05, 0.1) is 12.1 Å². The Morgan fingerprint density at radius 1 is 1.14 bits per heavy atom. The van der Waals surface area contributed by atoms with Crippen LogP contribution in [0.4, 0.5) is 0 Å². The number of hydrogen-bond donors (Lipinski definition) is 2. The maximum Gasteiger partial charge on any atom is 0.305 e. The van der Waals surface area contributed by atoms with Gasteiger partial charge < -0.3 is 10.4 Å². The molecule has 0 spiro atoms. The molecule has 7 heteroatoms. The number of carbonyl (C=O) groups is 2. The summed E-state index contributed by atoms with van der Waals surface area (Å²) < 4.78 is 1.05. The Morgan fingerprint density at radius 3 is 2.55 bits per heavy atom. The van der Waals surface area contributed by atoms with Crippen molar-refractivity contribution in [3.63, 3.8) is 0 Å². The van der Waals surface area contributed by atoms with Crippen LogP contribution in [-0.4, -0.2) is 33.3 Å². The first kappa shape index (κ1) is 15.4. The van der Waals surface area contributed by atoms with Crippen molar-refractivity contribution in [3.8, 4) is 11.3 Å². The SMILES string of the molecule is O=C(O)CCNC(=O)Cn1nc(-c2ccccc2)ccc1=O. The Balaban J connectivity index is 2.09. The normalized spacial score (nSPS) is 10.2. The first-order valence-electron chi connectivity index (χ1n) is 6.68. The summed E-state index contributed by atoms with van der Waals surface area (Å²) in [5.74, 6) is -1.46. The van der Waals surface area contributed by atoms with Gasteiger partial charge >= 0.3 is 5.97 Å². The van der Waals surface area contributed by atoms with Gasteiger partial charge in [-0.1, -0.05) is 30.3 Å². The van der Waals surface area contributed by atoms with Crippen molar-refractivity contribution in [2.24, 2.45) is 0 Å². The molecule has 0 radical (unpaired) electrons. The smallest absolute Gasteiger partial charge is 0.305 e. The van der Waals surface area contributed by atoms with Crippen LogP contribution in [0.1, 0.15) is 6.42 Å². The first-order valence-corrected chi connectivity index (χ1v) is 6.68. The molecule has 1 amide bonds. The van der Waals surface area contributed by atoms with Crippen LogP contribution < -0.4 is 10.9 Å². The van der Waals surface area contributed by atoms with E-state index < -0.39 is 17.4 Å². The van der Waals surface area contributed by atoms with Crippen molar-refractivity contribution in [1.29, 1.82) is 0 Å². The Hall–Kier alpha value is -2.96. The molecule has 0 saturated carbocycles. The molecule has 114 valence electrons. The van der Waals surface area contributed by atoms with Gasteiger partial charge in [-0.25, -0.2) is 4.68 Å². The number of amides is 1. The zero-order valence-electron chi connectivity index (χ0n) is 11.7. The van der Waals surface area contributed by atoms with Crippen LogP contribution in [0.5, 0.6) is 0 Å². The molecule has 0 unspecified atom stereocenters. The molecule has 22 heavy (non-hydrogen) atoms. The van der Waals surface area contributed by atoms with Gasteiger partial charge in [0.1, 0.15) is 6.54 Å². The number of benzene rings is 1. The van der Waals surface area contributed by atoms with Crippen LogP contribution in [0.25, 0.3) is 11.3 Å². The lowest BCUT2D eigenvalue weighted by Crippen LogP contribution is -2.34. The van der Waals surface area contributed by atoms with Crippen LogP contribution in [0.3, 0.4) is 0 Å². The fourth-order valence-corrected chi connectivity index (χ4v) is 1.83. The average molecular weight is 301 g/mol. The molecule has 0 aliphatic carbocycles. The van der Waals surface area contributed by atoms with Gasteiger partial charge in [-0.3, -0.25) is 14.4 Å². The number of aliphatic carboxylic acids is 1. The van der Waals surface area contributed by atoms with Crippen LogP contribution >= 0.6 is 0 Å². The molecular formula is C15H15N3O4. The molecule has 2 rings (SSSR count). The van der Waals surface area contributed by atoms with Crippen LogP contribution in [0, 0.1) is 0 Å². The zero-order chi connectivity index (χ0) is 15.9. The highest BCUT2D eigenvalue weighted by atomic mass is 16.4. The molecule has 2 aromatic rings. The van der Waals surface area contributed by atoms with E-state index in [9.17, 15) is 14.4 Å². The van der Waals surface area contributed by atoms with E-state index in [-0.39, 0.29) is 19.5 Å². The molecule has 0 aliphatic rings. The van der Waals surface area contributed by atoms with Gasteiger partial charge in [-0.15, -0.1) is 0 Å². The minimum absolute atomic E-state index is 0.0152. The summed E-state index contributed by atoms with van der Waals surface area (Å²) in [4.78, 5) is 33.8. The Kier molecular flexibility index (Phi) is 5.02. The molecule has 1 aromatic heterocycles. The quantitative estimate of drug-likeness (QED) is 0.809. The van der Waals surface area contributed by atoms with Crippen molar-refractivity contribution in [1.82, 2.24) is 15.1 Å². The van der Waals surface area contributed by atoms with Gasteiger partial charge in [0.15, 0.2) is 0 Å². The van der Waals surface area contributed by atoms with Crippen molar-refractivity contribution in [2.75, 3.05) is 6.54 Å². The summed E-state index contributed by atoms with van der Waals surface area (Å²) in [6.07, 6.45) is -0.169. The summed E-state index contributed by atoms with van der Waals surface area (Å²) in [5, 5.41) is 15.1. The topological polar surface area (TPSA) is 101 Å². The van der Waals surface area contributed by atoms with Gasteiger partial charge in [0.2, 0.25) is 5.91 Å². The summed E-state index contributed by atoms with van der Waals surface area (Å²) in [6.45, 7) is -0.236. The number of carboxylic acids is 1. The van der Waals surface area contributed by atoms with E-state index in [4.69, 9.17) is 5.11 Å². The van der Waals surface area contributed by atoms with Gasteiger partial charge in [0, 0.05) is 18.2 Å². The van der Waals surface area contributed by atoms with E-state index in [0.29, 0.717) is 5.69 Å². The van der Waals surface area contributed by atoms with Crippen molar-refractivity contribution < 1.29 is 14.7 Å². The number of hydrogen-bond acceptors (Lipinski definition) is 4. The van der Waals surface area contributed by atoms with E-state index in [0.717, 1.165) is 10.2 Å². The summed E-state index contributed by atoms with van der Waals surface area (Å²) in [5.41, 5.74) is 1.02. The average Bonchev–Trinajstić information content (AvgIpc) is 2.50. The summed E-state index contributed by atoms with van der Waals surface area (Å²) >= 11 is 0. The van der Waals surface area contributed by atoms with E-state index >= 15 is 0 Å². The van der Waals surface area contributed by atoms with Gasteiger partial charge in [-0.2, -0.15) is 5.10 Å². The maximum atomic E-state index is 11.7. The van der Waals surface area contributed by atoms with E-state index in [1.807, 2.05) is 30.3 Å². The number of nitrogens with zero attached hydrogens (tertiary/aromatic N) is 2. The Bertz CT molecular complexity index is 725. The van der Waals surface area contributed by atoms with E-state index in [1.54, 1.807) is 6.07 Å². The fraction of sp³-hybridized carbons (Fsp3) is 0.200. The van der Waals surface area contributed by atoms with Crippen molar-refractivity contribution in [3.05, 3.63) is 52.8 Å². The van der Waals surface area contributed by atoms with Crippen molar-refractivity contribution in [2.45, 2.75) is 13.0 Å². The highest BCUT2D eigenvalue weighted by Gasteiger charge is 2.08. The third kappa shape index (κ3) is 4.27. The molecule has 0 atom stereocenters. The highest BCUT2D eigenvalue weighted by molar-refractivity contribution is 5.76. The molecule has 0 fully saturated rings. The second kappa shape index (κ2) is 7.16. The van der Waals surface area contributed by atoms with Gasteiger partial charge in [-0.05, 0) is 6.07 Å². The van der Waals surface area contributed by atoms with Crippen LogP contribution in [-0.2, 0) is 16.1 Å². The lowest BCUT2D eigenvalue weighted by molar-refractivity contribution is -0.136. The molecule has 7 nitrogen and oxygen atoms in total. The van der Waals surface area contributed by atoms with Crippen molar-refractivity contribution >= 4 is 11.9 Å². The predicted octanol–water partition coefficient (Wildman–Crippen LogP) is 0.501. The third-order valence-corrected chi connectivity index (χ3v) is 2.89. The van der Waals surface area contributed by atoms with E-state index in [2.05, 4.69) is 10.4 Å². The first-order chi connectivity index (χ1) is 10.6. The number of aromatic nitrogens is 2. The second-order valence-electron chi connectivity index (χ2n) is 4.57. The minimum atomic E-state index is -0.998. The highest BCUT2D eigenvalue weighted by Crippen LogP contribution is 2.13. The minimum Gasteiger partial charge on any atom is -0.481 e. The molecular weight excluding hydrogens is 286 g/mol. The number of rotatable bonds is 6.